The van der Waals surface area contributed by atoms with Crippen molar-refractivity contribution in [3.63, 3.8) is 0 Å². The molecule has 0 radical (unpaired) electrons. The largest absolute Gasteiger partial charge is 0.0683 e. The van der Waals surface area contributed by atoms with Gasteiger partial charge >= 0.3 is 0 Å². The van der Waals surface area contributed by atoms with Crippen LogP contribution in [0.1, 0.15) is 67.7 Å². The predicted octanol–water partition coefficient (Wildman–Crippen LogP) is 5.13. The van der Waals surface area contributed by atoms with E-state index in [0.29, 0.717) is 5.41 Å². The molecule has 0 N–H and O–H groups in total. The van der Waals surface area contributed by atoms with Crippen LogP contribution < -0.4 is 0 Å². The molecule has 86 valence electrons. The lowest BCUT2D eigenvalue weighted by Crippen LogP contribution is -2.51. The van der Waals surface area contributed by atoms with Gasteiger partial charge in [-0.25, -0.2) is 0 Å². The number of hydrogen-bond donors (Lipinski definition) is 0. The summed E-state index contributed by atoms with van der Waals surface area (Å²) in [6.45, 7) is 15.4. The molecule has 3 saturated carbocycles. The van der Waals surface area contributed by atoms with E-state index in [2.05, 4.69) is 20.8 Å². The van der Waals surface area contributed by atoms with Gasteiger partial charge in [0.25, 0.3) is 0 Å². The third-order valence-corrected chi connectivity index (χ3v) is 4.20. The molecule has 3 atom stereocenters. The van der Waals surface area contributed by atoms with Gasteiger partial charge in [-0.05, 0) is 36.0 Å². The first kappa shape index (κ1) is 14.0. The molecule has 3 unspecified atom stereocenters. The first-order valence-corrected chi connectivity index (χ1v) is 6.62. The SMILES string of the molecule is CC.CC.CC1CCC2CC1C2(C)C. The van der Waals surface area contributed by atoms with Crippen LogP contribution in [0.25, 0.3) is 0 Å². The van der Waals surface area contributed by atoms with Gasteiger partial charge in [0.15, 0.2) is 0 Å². The molecule has 0 aliphatic heterocycles. The molecule has 3 aliphatic carbocycles. The Balaban J connectivity index is 0.000000379. The molecule has 0 amide bonds. The number of fused-ring (bicyclic) bond motifs is 2. The fourth-order valence-corrected chi connectivity index (χ4v) is 3.18. The van der Waals surface area contributed by atoms with Crippen molar-refractivity contribution in [1.29, 1.82) is 0 Å². The lowest BCUT2D eigenvalue weighted by molar-refractivity contribution is -0.0988. The van der Waals surface area contributed by atoms with Crippen LogP contribution in [0.2, 0.25) is 0 Å². The Labute approximate surface area is 91.5 Å². The molecule has 3 aliphatic rings. The molecule has 0 spiro atoms. The summed E-state index contributed by atoms with van der Waals surface area (Å²) in [5.74, 6) is 3.15. The van der Waals surface area contributed by atoms with Crippen LogP contribution >= 0.6 is 0 Å². The quantitative estimate of drug-likeness (QED) is 0.506. The summed E-state index contributed by atoms with van der Waals surface area (Å²) < 4.78 is 0. The maximum absolute atomic E-state index is 2.46. The van der Waals surface area contributed by atoms with Crippen molar-refractivity contribution in [2.24, 2.45) is 23.2 Å². The first-order valence-electron chi connectivity index (χ1n) is 6.62. The molecule has 0 aromatic rings. The summed E-state index contributed by atoms with van der Waals surface area (Å²) >= 11 is 0. The second-order valence-corrected chi connectivity index (χ2v) is 4.92. The van der Waals surface area contributed by atoms with Crippen LogP contribution in [0.15, 0.2) is 0 Å². The zero-order valence-electron chi connectivity index (χ0n) is 11.4. The van der Waals surface area contributed by atoms with Gasteiger partial charge in [-0.2, -0.15) is 0 Å². The van der Waals surface area contributed by atoms with Gasteiger partial charge in [0.1, 0.15) is 0 Å². The summed E-state index contributed by atoms with van der Waals surface area (Å²) in [4.78, 5) is 0. The first-order chi connectivity index (χ1) is 6.62. The van der Waals surface area contributed by atoms with E-state index < -0.39 is 0 Å². The van der Waals surface area contributed by atoms with Gasteiger partial charge in [0, 0.05) is 0 Å². The standard InChI is InChI=1S/C10H18.2C2H6/c1-7-4-5-8-6-9(7)10(8,2)3;2*1-2/h7-9H,4-6H2,1-3H3;2*1-2H3. The highest BCUT2D eigenvalue weighted by Gasteiger charge is 2.52. The van der Waals surface area contributed by atoms with Gasteiger partial charge in [0.2, 0.25) is 0 Å². The summed E-state index contributed by atoms with van der Waals surface area (Å²) in [6.07, 6.45) is 4.54. The number of hydrogen-bond acceptors (Lipinski definition) is 0. The predicted molar refractivity (Wildman–Crippen MR) is 66.5 cm³/mol. The molecule has 3 rings (SSSR count). The third-order valence-electron chi connectivity index (χ3n) is 4.20. The summed E-state index contributed by atoms with van der Waals surface area (Å²) in [5.41, 5.74) is 0.706. The molecule has 2 bridgehead atoms. The van der Waals surface area contributed by atoms with Gasteiger partial charge < -0.3 is 0 Å². The van der Waals surface area contributed by atoms with Crippen molar-refractivity contribution in [3.05, 3.63) is 0 Å². The summed E-state index contributed by atoms with van der Waals surface area (Å²) in [6, 6.07) is 0. The molecule has 3 fully saturated rings. The normalized spacial score (nSPS) is 36.6. The highest BCUT2D eigenvalue weighted by molar-refractivity contribution is 5.01. The van der Waals surface area contributed by atoms with E-state index in [9.17, 15) is 0 Å². The van der Waals surface area contributed by atoms with Crippen molar-refractivity contribution in [2.75, 3.05) is 0 Å². The topological polar surface area (TPSA) is 0 Å². The minimum atomic E-state index is 0.706. The molecular weight excluding hydrogens is 168 g/mol. The van der Waals surface area contributed by atoms with Crippen molar-refractivity contribution in [1.82, 2.24) is 0 Å². The Morgan fingerprint density at radius 3 is 1.64 bits per heavy atom. The van der Waals surface area contributed by atoms with Gasteiger partial charge in [-0.1, -0.05) is 54.9 Å². The second kappa shape index (κ2) is 5.78. The molecule has 0 aromatic carbocycles. The highest BCUT2D eigenvalue weighted by Crippen LogP contribution is 2.61. The van der Waals surface area contributed by atoms with Gasteiger partial charge in [0.05, 0.1) is 0 Å². The van der Waals surface area contributed by atoms with E-state index in [1.54, 1.807) is 0 Å². The lowest BCUT2D eigenvalue weighted by Gasteiger charge is -2.59. The zero-order chi connectivity index (χ0) is 11.4. The Morgan fingerprint density at radius 1 is 0.929 bits per heavy atom. The van der Waals surface area contributed by atoms with Crippen LogP contribution in [-0.4, -0.2) is 0 Å². The Kier molecular flexibility index (Phi) is 5.78. The zero-order valence-corrected chi connectivity index (χ0v) is 11.4. The van der Waals surface area contributed by atoms with Crippen molar-refractivity contribution in [3.8, 4) is 0 Å². The summed E-state index contributed by atoms with van der Waals surface area (Å²) in [7, 11) is 0. The van der Waals surface area contributed by atoms with E-state index in [1.807, 2.05) is 27.7 Å². The van der Waals surface area contributed by atoms with Crippen molar-refractivity contribution >= 4 is 0 Å². The van der Waals surface area contributed by atoms with E-state index in [-0.39, 0.29) is 0 Å². The maximum atomic E-state index is 2.46. The average molecular weight is 198 g/mol. The summed E-state index contributed by atoms with van der Waals surface area (Å²) in [5, 5.41) is 0. The fraction of sp³-hybridized carbons (Fsp3) is 1.00. The van der Waals surface area contributed by atoms with Crippen molar-refractivity contribution in [2.45, 2.75) is 67.7 Å². The van der Waals surface area contributed by atoms with Crippen LogP contribution in [0.4, 0.5) is 0 Å². The average Bonchev–Trinajstić information content (AvgIpc) is 2.23. The van der Waals surface area contributed by atoms with Gasteiger partial charge in [-0.3, -0.25) is 0 Å². The lowest BCUT2D eigenvalue weighted by atomic mass is 9.46. The number of rotatable bonds is 0. The fourth-order valence-electron chi connectivity index (χ4n) is 3.18. The van der Waals surface area contributed by atoms with Crippen LogP contribution in [-0.2, 0) is 0 Å². The van der Waals surface area contributed by atoms with E-state index >= 15 is 0 Å². The molecule has 0 saturated heterocycles. The molecule has 0 heterocycles. The molecular formula is C14H30. The van der Waals surface area contributed by atoms with E-state index in [4.69, 9.17) is 0 Å². The minimum Gasteiger partial charge on any atom is -0.0683 e. The molecule has 0 nitrogen and oxygen atoms in total. The second-order valence-electron chi connectivity index (χ2n) is 4.92. The highest BCUT2D eigenvalue weighted by atomic mass is 14.6. The molecule has 0 heteroatoms. The third kappa shape index (κ3) is 2.32. The van der Waals surface area contributed by atoms with Crippen LogP contribution in [0, 0.1) is 23.2 Å². The Bertz CT molecular complexity index is 144. The molecule has 0 aromatic heterocycles. The van der Waals surface area contributed by atoms with Crippen LogP contribution in [0.5, 0.6) is 0 Å². The van der Waals surface area contributed by atoms with E-state index in [0.717, 1.165) is 17.8 Å². The van der Waals surface area contributed by atoms with Gasteiger partial charge in [-0.15, -0.1) is 0 Å². The molecule has 14 heavy (non-hydrogen) atoms. The van der Waals surface area contributed by atoms with Crippen LogP contribution in [0.3, 0.4) is 0 Å². The Hall–Kier alpha value is 0. The monoisotopic (exact) mass is 198 g/mol. The smallest absolute Gasteiger partial charge is 0.0295 e. The Morgan fingerprint density at radius 2 is 1.43 bits per heavy atom. The maximum Gasteiger partial charge on any atom is -0.0295 e. The minimum absolute atomic E-state index is 0.706. The van der Waals surface area contributed by atoms with Crippen molar-refractivity contribution < 1.29 is 0 Å². The van der Waals surface area contributed by atoms with E-state index in [1.165, 1.54) is 19.3 Å².